The lowest BCUT2D eigenvalue weighted by Gasteiger charge is -2.14. The van der Waals surface area contributed by atoms with Crippen LogP contribution in [0.25, 0.3) is 0 Å². The summed E-state index contributed by atoms with van der Waals surface area (Å²) in [6.45, 7) is 2.58. The topological polar surface area (TPSA) is 72.0 Å². The van der Waals surface area contributed by atoms with Gasteiger partial charge in [0, 0.05) is 5.56 Å². The molecule has 116 valence electrons. The highest BCUT2D eigenvalue weighted by molar-refractivity contribution is 7.99. The number of nitrogens with zero attached hydrogens (tertiary/aromatic N) is 1. The number of carbonyl (C=O) groups excluding carboxylic acids is 1. The van der Waals surface area contributed by atoms with Gasteiger partial charge in [0.2, 0.25) is 0 Å². The lowest BCUT2D eigenvalue weighted by Crippen LogP contribution is -2.21. The molecule has 1 heterocycles. The third-order valence-electron chi connectivity index (χ3n) is 3.51. The largest absolute Gasteiger partial charge is 0.465 e. The second-order valence-electron chi connectivity index (χ2n) is 5.22. The van der Waals surface area contributed by atoms with E-state index >= 15 is 0 Å². The molecule has 21 heavy (non-hydrogen) atoms. The van der Waals surface area contributed by atoms with Gasteiger partial charge in [-0.1, -0.05) is 31.5 Å². The van der Waals surface area contributed by atoms with Crippen molar-refractivity contribution >= 4 is 17.7 Å². The van der Waals surface area contributed by atoms with Crippen LogP contribution in [0.5, 0.6) is 0 Å². The number of aromatic amines is 1. The number of H-pyrrole nitrogens is 1. The fourth-order valence-corrected chi connectivity index (χ4v) is 3.03. The maximum atomic E-state index is 11.9. The first-order chi connectivity index (χ1) is 10.2. The summed E-state index contributed by atoms with van der Waals surface area (Å²) in [5.41, 5.74) is 1.65. The SMILES string of the molecule is CCCCCOC(=O)CSc1nc2c(c(=O)[nH]1)CCCC2. The van der Waals surface area contributed by atoms with E-state index in [2.05, 4.69) is 16.9 Å². The smallest absolute Gasteiger partial charge is 0.316 e. The molecule has 0 spiro atoms. The zero-order chi connectivity index (χ0) is 15.1. The fourth-order valence-electron chi connectivity index (χ4n) is 2.36. The third kappa shape index (κ3) is 4.88. The van der Waals surface area contributed by atoms with Crippen LogP contribution in [0, 0.1) is 0 Å². The van der Waals surface area contributed by atoms with Crippen LogP contribution in [-0.4, -0.2) is 28.3 Å². The maximum Gasteiger partial charge on any atom is 0.316 e. The number of fused-ring (bicyclic) bond motifs is 1. The molecule has 1 aromatic heterocycles. The van der Waals surface area contributed by atoms with Crippen molar-refractivity contribution in [1.82, 2.24) is 9.97 Å². The Bertz CT molecular complexity index is 542. The summed E-state index contributed by atoms with van der Waals surface area (Å²) in [5, 5.41) is 0.520. The van der Waals surface area contributed by atoms with Gasteiger partial charge in [0.25, 0.3) is 5.56 Å². The second kappa shape index (κ2) is 8.22. The van der Waals surface area contributed by atoms with Gasteiger partial charge in [0.05, 0.1) is 18.1 Å². The molecule has 0 saturated heterocycles. The summed E-state index contributed by atoms with van der Waals surface area (Å²) < 4.78 is 5.13. The van der Waals surface area contributed by atoms with Gasteiger partial charge in [-0.2, -0.15) is 0 Å². The number of hydrogen-bond acceptors (Lipinski definition) is 5. The molecule has 0 saturated carbocycles. The molecule has 0 unspecified atom stereocenters. The zero-order valence-corrected chi connectivity index (χ0v) is 13.3. The zero-order valence-electron chi connectivity index (χ0n) is 12.4. The number of nitrogens with one attached hydrogen (secondary N) is 1. The molecule has 1 aromatic rings. The number of carbonyl (C=O) groups is 1. The summed E-state index contributed by atoms with van der Waals surface area (Å²) in [5.74, 6) is -0.0649. The van der Waals surface area contributed by atoms with Crippen LogP contribution in [0.4, 0.5) is 0 Å². The van der Waals surface area contributed by atoms with Crippen molar-refractivity contribution in [3.05, 3.63) is 21.6 Å². The standard InChI is InChI=1S/C15H22N2O3S/c1-2-3-6-9-20-13(18)10-21-15-16-12-8-5-4-7-11(12)14(19)17-15/h2-10H2,1H3,(H,16,17,19). The molecule has 0 atom stereocenters. The highest BCUT2D eigenvalue weighted by atomic mass is 32.2. The monoisotopic (exact) mass is 310 g/mol. The van der Waals surface area contributed by atoms with Crippen molar-refractivity contribution in [2.45, 2.75) is 57.0 Å². The molecule has 0 aliphatic heterocycles. The molecule has 1 aliphatic carbocycles. The van der Waals surface area contributed by atoms with Gasteiger partial charge in [0.15, 0.2) is 5.16 Å². The normalized spacial score (nSPS) is 13.8. The Balaban J connectivity index is 1.84. The quantitative estimate of drug-likeness (QED) is 0.362. The van der Waals surface area contributed by atoms with Crippen molar-refractivity contribution in [1.29, 1.82) is 0 Å². The molecule has 1 aliphatic rings. The van der Waals surface area contributed by atoms with Crippen LogP contribution in [0.1, 0.15) is 50.3 Å². The Labute approximate surface area is 128 Å². The molecular formula is C15H22N2O3S. The van der Waals surface area contributed by atoms with E-state index in [1.165, 1.54) is 11.8 Å². The molecule has 1 N–H and O–H groups in total. The average Bonchev–Trinajstić information content (AvgIpc) is 2.50. The summed E-state index contributed by atoms with van der Waals surface area (Å²) in [4.78, 5) is 30.7. The van der Waals surface area contributed by atoms with Crippen LogP contribution in [0.2, 0.25) is 0 Å². The molecule has 0 amide bonds. The number of thioether (sulfide) groups is 1. The van der Waals surface area contributed by atoms with E-state index in [0.717, 1.165) is 56.2 Å². The van der Waals surface area contributed by atoms with Crippen LogP contribution < -0.4 is 5.56 Å². The Morgan fingerprint density at radius 3 is 2.95 bits per heavy atom. The van der Waals surface area contributed by atoms with Crippen molar-refractivity contribution in [2.75, 3.05) is 12.4 Å². The predicted octanol–water partition coefficient (Wildman–Crippen LogP) is 2.47. The minimum absolute atomic E-state index is 0.0569. The van der Waals surface area contributed by atoms with Crippen molar-refractivity contribution in [3.8, 4) is 0 Å². The van der Waals surface area contributed by atoms with E-state index in [4.69, 9.17) is 4.74 Å². The highest BCUT2D eigenvalue weighted by Gasteiger charge is 2.16. The molecule has 5 nitrogen and oxygen atoms in total. The Hall–Kier alpha value is -1.30. The molecule has 0 bridgehead atoms. The number of ether oxygens (including phenoxy) is 1. The van der Waals surface area contributed by atoms with Crippen molar-refractivity contribution in [2.24, 2.45) is 0 Å². The van der Waals surface area contributed by atoms with Gasteiger partial charge >= 0.3 is 5.97 Å². The van der Waals surface area contributed by atoms with Crippen molar-refractivity contribution < 1.29 is 9.53 Å². The lowest BCUT2D eigenvalue weighted by atomic mass is 9.97. The molecular weight excluding hydrogens is 288 g/mol. The molecule has 6 heteroatoms. The maximum absolute atomic E-state index is 11.9. The first-order valence-electron chi connectivity index (χ1n) is 7.61. The Morgan fingerprint density at radius 2 is 2.14 bits per heavy atom. The van der Waals surface area contributed by atoms with Crippen molar-refractivity contribution in [3.63, 3.8) is 0 Å². The van der Waals surface area contributed by atoms with E-state index < -0.39 is 0 Å². The highest BCUT2D eigenvalue weighted by Crippen LogP contribution is 2.19. The Kier molecular flexibility index (Phi) is 6.29. The minimum Gasteiger partial charge on any atom is -0.465 e. The number of unbranched alkanes of at least 4 members (excludes halogenated alkanes) is 2. The van der Waals surface area contributed by atoms with Gasteiger partial charge in [-0.3, -0.25) is 9.59 Å². The first kappa shape index (κ1) is 16.1. The molecule has 0 radical (unpaired) electrons. The summed E-state index contributed by atoms with van der Waals surface area (Å²) in [6, 6.07) is 0. The summed E-state index contributed by atoms with van der Waals surface area (Å²) >= 11 is 1.24. The predicted molar refractivity (Wildman–Crippen MR) is 82.7 cm³/mol. The summed E-state index contributed by atoms with van der Waals surface area (Å²) in [7, 11) is 0. The number of hydrogen-bond donors (Lipinski definition) is 1. The van der Waals surface area contributed by atoms with E-state index in [9.17, 15) is 9.59 Å². The number of rotatable bonds is 7. The average molecular weight is 310 g/mol. The van der Waals surface area contributed by atoms with Gasteiger partial charge in [-0.05, 0) is 32.1 Å². The van der Waals surface area contributed by atoms with Crippen LogP contribution >= 0.6 is 11.8 Å². The number of aromatic nitrogens is 2. The van der Waals surface area contributed by atoms with Crippen LogP contribution in [0.3, 0.4) is 0 Å². The van der Waals surface area contributed by atoms with Gasteiger partial charge in [0.1, 0.15) is 0 Å². The third-order valence-corrected chi connectivity index (χ3v) is 4.35. The van der Waals surface area contributed by atoms with E-state index in [0.29, 0.717) is 11.8 Å². The Morgan fingerprint density at radius 1 is 1.33 bits per heavy atom. The molecule has 0 fully saturated rings. The van der Waals surface area contributed by atoms with E-state index in [-0.39, 0.29) is 17.3 Å². The van der Waals surface area contributed by atoms with Crippen LogP contribution in [-0.2, 0) is 22.4 Å². The van der Waals surface area contributed by atoms with E-state index in [1.807, 2.05) is 0 Å². The van der Waals surface area contributed by atoms with Gasteiger partial charge in [-0.25, -0.2) is 4.98 Å². The number of esters is 1. The molecule has 2 rings (SSSR count). The molecule has 0 aromatic carbocycles. The summed E-state index contributed by atoms with van der Waals surface area (Å²) in [6.07, 6.45) is 6.87. The van der Waals surface area contributed by atoms with Gasteiger partial charge < -0.3 is 9.72 Å². The lowest BCUT2D eigenvalue weighted by molar-refractivity contribution is -0.140. The minimum atomic E-state index is -0.253. The van der Waals surface area contributed by atoms with E-state index in [1.54, 1.807) is 0 Å². The first-order valence-corrected chi connectivity index (χ1v) is 8.59. The second-order valence-corrected chi connectivity index (χ2v) is 6.18. The van der Waals surface area contributed by atoms with Crippen LogP contribution in [0.15, 0.2) is 9.95 Å². The van der Waals surface area contributed by atoms with Gasteiger partial charge in [-0.15, -0.1) is 0 Å². The fraction of sp³-hybridized carbons (Fsp3) is 0.667. The number of aryl methyl sites for hydroxylation is 1.